The van der Waals surface area contributed by atoms with Crippen LogP contribution in [0.4, 0.5) is 0 Å². The third-order valence-electron chi connectivity index (χ3n) is 4.79. The molecule has 8 heteroatoms. The van der Waals surface area contributed by atoms with E-state index in [1.165, 1.54) is 9.36 Å². The molecule has 0 N–H and O–H groups in total. The number of benzene rings is 2. The number of hydrogen-bond donors (Lipinski definition) is 0. The molecule has 0 unspecified atom stereocenters. The highest BCUT2D eigenvalue weighted by Gasteiger charge is 2.14. The van der Waals surface area contributed by atoms with Crippen molar-refractivity contribution in [2.24, 2.45) is 7.05 Å². The number of thiazole rings is 1. The number of rotatable bonds is 5. The number of hydrogen-bond acceptors (Lipinski definition) is 6. The first-order valence-electron chi connectivity index (χ1n) is 9.18. The Hall–Kier alpha value is -3.26. The van der Waals surface area contributed by atoms with Crippen molar-refractivity contribution >= 4 is 11.3 Å². The van der Waals surface area contributed by atoms with Crippen molar-refractivity contribution in [2.45, 2.75) is 27.4 Å². The van der Waals surface area contributed by atoms with Crippen molar-refractivity contribution in [3.8, 4) is 21.9 Å². The van der Waals surface area contributed by atoms with Gasteiger partial charge in [-0.05, 0) is 72.2 Å². The van der Waals surface area contributed by atoms with Crippen molar-refractivity contribution < 1.29 is 4.74 Å². The Kier molecular flexibility index (Phi) is 5.02. The zero-order valence-corrected chi connectivity index (χ0v) is 17.5. The van der Waals surface area contributed by atoms with Gasteiger partial charge in [0, 0.05) is 18.8 Å². The second-order valence-electron chi connectivity index (χ2n) is 6.88. The van der Waals surface area contributed by atoms with Gasteiger partial charge >= 0.3 is 5.69 Å². The summed E-state index contributed by atoms with van der Waals surface area (Å²) >= 11 is 1.67. The van der Waals surface area contributed by atoms with Crippen LogP contribution in [0.2, 0.25) is 0 Å². The molecule has 7 nitrogen and oxygen atoms in total. The normalized spacial score (nSPS) is 11.0. The summed E-state index contributed by atoms with van der Waals surface area (Å²) in [5.74, 6) is 0.802. The predicted molar refractivity (Wildman–Crippen MR) is 113 cm³/mol. The molecule has 0 amide bonds. The zero-order chi connectivity index (χ0) is 20.5. The van der Waals surface area contributed by atoms with Crippen LogP contribution in [-0.4, -0.2) is 24.8 Å². The predicted octanol–water partition coefficient (Wildman–Crippen LogP) is 3.59. The van der Waals surface area contributed by atoms with E-state index in [4.69, 9.17) is 4.74 Å². The Morgan fingerprint density at radius 3 is 2.55 bits per heavy atom. The molecule has 4 rings (SSSR count). The lowest BCUT2D eigenvalue weighted by atomic mass is 10.1. The van der Waals surface area contributed by atoms with Crippen molar-refractivity contribution in [1.82, 2.24) is 24.8 Å². The lowest BCUT2D eigenvalue weighted by molar-refractivity contribution is 0.302. The van der Waals surface area contributed by atoms with Crippen LogP contribution in [0.3, 0.4) is 0 Å². The van der Waals surface area contributed by atoms with Gasteiger partial charge in [-0.15, -0.1) is 11.3 Å². The van der Waals surface area contributed by atoms with E-state index in [2.05, 4.69) is 21.5 Å². The van der Waals surface area contributed by atoms with Crippen LogP contribution in [0.25, 0.3) is 16.1 Å². The molecule has 148 valence electrons. The van der Waals surface area contributed by atoms with Crippen molar-refractivity contribution in [3.63, 3.8) is 0 Å². The van der Waals surface area contributed by atoms with E-state index in [9.17, 15) is 4.79 Å². The number of tetrazole rings is 1. The summed E-state index contributed by atoms with van der Waals surface area (Å²) in [5.41, 5.74) is 4.48. The maximum absolute atomic E-state index is 12.3. The summed E-state index contributed by atoms with van der Waals surface area (Å²) in [7, 11) is 1.58. The Balaban J connectivity index is 1.61. The van der Waals surface area contributed by atoms with Crippen LogP contribution in [-0.2, 0) is 13.7 Å². The molecule has 4 aromatic rings. The topological polar surface area (TPSA) is 74.8 Å². The molecule has 29 heavy (non-hydrogen) atoms. The van der Waals surface area contributed by atoms with Gasteiger partial charge in [0.05, 0.1) is 15.6 Å². The van der Waals surface area contributed by atoms with E-state index in [-0.39, 0.29) is 5.69 Å². The van der Waals surface area contributed by atoms with Gasteiger partial charge < -0.3 is 4.74 Å². The fraction of sp³-hybridized carbons (Fsp3) is 0.238. The molecule has 0 atom stereocenters. The third-order valence-corrected chi connectivity index (χ3v) is 5.75. The van der Waals surface area contributed by atoms with E-state index in [0.29, 0.717) is 12.3 Å². The fourth-order valence-corrected chi connectivity index (χ4v) is 3.92. The van der Waals surface area contributed by atoms with E-state index in [1.54, 1.807) is 18.4 Å². The molecular weight excluding hydrogens is 386 g/mol. The monoisotopic (exact) mass is 407 g/mol. The van der Waals surface area contributed by atoms with Gasteiger partial charge in [-0.25, -0.2) is 9.78 Å². The highest BCUT2D eigenvalue weighted by molar-refractivity contribution is 7.15. The molecule has 0 fully saturated rings. The van der Waals surface area contributed by atoms with Crippen LogP contribution in [0.5, 0.6) is 5.75 Å². The molecule has 0 aliphatic heterocycles. The first-order valence-corrected chi connectivity index (χ1v) is 10.00. The summed E-state index contributed by atoms with van der Waals surface area (Å²) in [4.78, 5) is 17.8. The standard InChI is InChI=1S/C21H21N5O2S/c1-13-6-5-7-18(26-21(27)25(4)23-24-26)17(13)12-28-19-9-8-16(10-14(19)2)20-11-22-15(3)29-20/h5-11H,12H2,1-4H3. The van der Waals surface area contributed by atoms with Gasteiger partial charge in [0.15, 0.2) is 0 Å². The number of ether oxygens (including phenoxy) is 1. The lowest BCUT2D eigenvalue weighted by Gasteiger charge is -2.14. The molecule has 0 bridgehead atoms. The SMILES string of the molecule is Cc1ncc(-c2ccc(OCc3c(C)cccc3-n3nnn(C)c3=O)c(C)c2)s1. The van der Waals surface area contributed by atoms with E-state index in [1.807, 2.05) is 57.3 Å². The smallest absolute Gasteiger partial charge is 0.368 e. The maximum Gasteiger partial charge on any atom is 0.368 e. The molecule has 0 aliphatic carbocycles. The average Bonchev–Trinajstić information content (AvgIpc) is 3.27. The largest absolute Gasteiger partial charge is 0.489 e. The van der Waals surface area contributed by atoms with Gasteiger partial charge in [-0.3, -0.25) is 0 Å². The minimum absolute atomic E-state index is 0.294. The van der Waals surface area contributed by atoms with Gasteiger partial charge in [0.25, 0.3) is 0 Å². The first kappa shape index (κ1) is 19.1. The summed E-state index contributed by atoms with van der Waals surface area (Å²) in [5, 5.41) is 8.82. The molecule has 0 saturated heterocycles. The summed E-state index contributed by atoms with van der Waals surface area (Å²) in [6, 6.07) is 11.9. The summed E-state index contributed by atoms with van der Waals surface area (Å²) in [6.45, 7) is 6.34. The fourth-order valence-electron chi connectivity index (χ4n) is 3.15. The van der Waals surface area contributed by atoms with Crippen molar-refractivity contribution in [3.05, 3.63) is 74.8 Å². The molecule has 2 heterocycles. The van der Waals surface area contributed by atoms with Crippen LogP contribution >= 0.6 is 11.3 Å². The van der Waals surface area contributed by atoms with Gasteiger partial charge in [0.2, 0.25) is 0 Å². The van der Waals surface area contributed by atoms with Gasteiger partial charge in [-0.2, -0.15) is 9.36 Å². The summed E-state index contributed by atoms with van der Waals surface area (Å²) < 4.78 is 8.63. The molecule has 0 aliphatic rings. The minimum Gasteiger partial charge on any atom is -0.489 e. The molecule has 2 aromatic heterocycles. The van der Waals surface area contributed by atoms with Crippen LogP contribution in [0.1, 0.15) is 21.7 Å². The Labute approximate surface area is 172 Å². The number of aromatic nitrogens is 5. The lowest BCUT2D eigenvalue weighted by Crippen LogP contribution is -2.23. The van der Waals surface area contributed by atoms with E-state index in [0.717, 1.165) is 37.9 Å². The third kappa shape index (κ3) is 3.71. The molecule has 0 saturated carbocycles. The van der Waals surface area contributed by atoms with Crippen LogP contribution < -0.4 is 10.4 Å². The second kappa shape index (κ2) is 7.63. The average molecular weight is 407 g/mol. The van der Waals surface area contributed by atoms with Gasteiger partial charge in [0.1, 0.15) is 12.4 Å². The van der Waals surface area contributed by atoms with Gasteiger partial charge in [-0.1, -0.05) is 12.1 Å². The quantitative estimate of drug-likeness (QED) is 0.505. The molecular formula is C21H21N5O2S. The highest BCUT2D eigenvalue weighted by Crippen LogP contribution is 2.30. The number of aryl methyl sites for hydroxylation is 4. The van der Waals surface area contributed by atoms with Crippen LogP contribution in [0.15, 0.2) is 47.4 Å². The Morgan fingerprint density at radius 2 is 1.90 bits per heavy atom. The van der Waals surface area contributed by atoms with Crippen molar-refractivity contribution in [2.75, 3.05) is 0 Å². The maximum atomic E-state index is 12.3. The Bertz CT molecular complexity index is 1240. The molecule has 2 aromatic carbocycles. The summed E-state index contributed by atoms with van der Waals surface area (Å²) in [6.07, 6.45) is 1.90. The molecule has 0 spiro atoms. The molecule has 0 radical (unpaired) electrons. The van der Waals surface area contributed by atoms with E-state index >= 15 is 0 Å². The first-order chi connectivity index (χ1) is 13.9. The zero-order valence-electron chi connectivity index (χ0n) is 16.7. The second-order valence-corrected chi connectivity index (χ2v) is 8.12. The van der Waals surface area contributed by atoms with E-state index < -0.39 is 0 Å². The highest BCUT2D eigenvalue weighted by atomic mass is 32.1. The minimum atomic E-state index is -0.294. The van der Waals surface area contributed by atoms with Crippen molar-refractivity contribution in [1.29, 1.82) is 0 Å². The number of nitrogens with zero attached hydrogens (tertiary/aromatic N) is 5. The van der Waals surface area contributed by atoms with Crippen LogP contribution in [0, 0.1) is 20.8 Å². The Morgan fingerprint density at radius 1 is 1.07 bits per heavy atom.